The van der Waals surface area contributed by atoms with Crippen LogP contribution in [0.25, 0.3) is 10.8 Å². The average molecular weight is 311 g/mol. The number of halogens is 1. The van der Waals surface area contributed by atoms with Gasteiger partial charge >= 0.3 is 0 Å². The number of aromatic nitrogens is 2. The summed E-state index contributed by atoms with van der Waals surface area (Å²) in [4.78, 5) is 8.48. The Morgan fingerprint density at radius 1 is 1.29 bits per heavy atom. The molecule has 0 bridgehead atoms. The molecule has 0 spiro atoms. The lowest BCUT2D eigenvalue weighted by Gasteiger charge is -2.15. The van der Waals surface area contributed by atoms with E-state index < -0.39 is 0 Å². The second-order valence-corrected chi connectivity index (χ2v) is 5.24. The van der Waals surface area contributed by atoms with Gasteiger partial charge in [0.2, 0.25) is 5.88 Å². The molecule has 2 rings (SSSR count). The Balaban J connectivity index is 2.43. The monoisotopic (exact) mass is 310 g/mol. The molecule has 0 fully saturated rings. The van der Waals surface area contributed by atoms with Crippen LogP contribution in [0.5, 0.6) is 5.88 Å². The number of rotatable bonds is 7. The Morgan fingerprint density at radius 3 is 2.81 bits per heavy atom. The number of aliphatic hydroxyl groups excluding tert-OH is 1. The van der Waals surface area contributed by atoms with Crippen LogP contribution in [0.4, 0.5) is 0 Å². The van der Waals surface area contributed by atoms with E-state index in [-0.39, 0.29) is 12.5 Å². The van der Waals surface area contributed by atoms with Gasteiger partial charge in [-0.1, -0.05) is 18.5 Å². The molecule has 2 heterocycles. The van der Waals surface area contributed by atoms with Crippen molar-refractivity contribution < 1.29 is 14.6 Å². The van der Waals surface area contributed by atoms with Crippen molar-refractivity contribution >= 4 is 22.4 Å². The van der Waals surface area contributed by atoms with Gasteiger partial charge in [0.15, 0.2) is 0 Å². The van der Waals surface area contributed by atoms with Crippen molar-refractivity contribution in [3.8, 4) is 5.88 Å². The number of pyridine rings is 2. The zero-order chi connectivity index (χ0) is 15.2. The van der Waals surface area contributed by atoms with Gasteiger partial charge in [0.05, 0.1) is 18.6 Å². The fourth-order valence-electron chi connectivity index (χ4n) is 2.19. The number of hydrogen-bond donors (Lipinski definition) is 1. The lowest BCUT2D eigenvalue weighted by molar-refractivity contribution is 0.184. The van der Waals surface area contributed by atoms with Crippen molar-refractivity contribution in [3.63, 3.8) is 0 Å². The van der Waals surface area contributed by atoms with Gasteiger partial charge in [0.25, 0.3) is 0 Å². The minimum atomic E-state index is 0.0883. The van der Waals surface area contributed by atoms with Crippen molar-refractivity contribution in [3.05, 3.63) is 29.2 Å². The van der Waals surface area contributed by atoms with Crippen molar-refractivity contribution in [1.29, 1.82) is 0 Å². The summed E-state index contributed by atoms with van der Waals surface area (Å²) in [7, 11) is 1.67. The number of ether oxygens (including phenoxy) is 2. The highest BCUT2D eigenvalue weighted by Crippen LogP contribution is 2.31. The fourth-order valence-corrected chi connectivity index (χ4v) is 2.35. The Kier molecular flexibility index (Phi) is 5.73. The summed E-state index contributed by atoms with van der Waals surface area (Å²) in [6, 6.07) is 1.82. The average Bonchev–Trinajstić information content (AvgIpc) is 2.47. The number of methoxy groups -OCH3 is 1. The molecule has 0 aliphatic heterocycles. The van der Waals surface area contributed by atoms with Crippen LogP contribution in [-0.2, 0) is 4.74 Å². The second-order valence-electron chi connectivity index (χ2n) is 4.85. The predicted molar refractivity (Wildman–Crippen MR) is 82.0 cm³/mol. The highest BCUT2D eigenvalue weighted by Gasteiger charge is 2.14. The maximum absolute atomic E-state index is 8.83. The summed E-state index contributed by atoms with van der Waals surface area (Å²) in [5.74, 6) is 0.700. The zero-order valence-corrected chi connectivity index (χ0v) is 12.9. The van der Waals surface area contributed by atoms with Crippen molar-refractivity contribution in [2.24, 2.45) is 0 Å². The Hall–Kier alpha value is -1.43. The molecule has 1 atom stereocenters. The van der Waals surface area contributed by atoms with E-state index in [0.717, 1.165) is 16.3 Å². The Morgan fingerprint density at radius 2 is 2.10 bits per heavy atom. The smallest absolute Gasteiger partial charge is 0.222 e. The van der Waals surface area contributed by atoms with Crippen LogP contribution in [0, 0.1) is 0 Å². The topological polar surface area (TPSA) is 64.5 Å². The molecule has 0 saturated carbocycles. The number of nitrogens with zero attached hydrogens (tertiary/aromatic N) is 2. The third-order valence-electron chi connectivity index (χ3n) is 3.22. The van der Waals surface area contributed by atoms with Gasteiger partial charge in [0, 0.05) is 38.4 Å². The molecular weight excluding hydrogens is 292 g/mol. The Labute approximate surface area is 128 Å². The van der Waals surface area contributed by atoms with Crippen LogP contribution in [0.15, 0.2) is 18.5 Å². The number of fused-ring (bicyclic) bond motifs is 1. The van der Waals surface area contributed by atoms with E-state index in [0.29, 0.717) is 30.7 Å². The first-order valence-corrected chi connectivity index (χ1v) is 7.22. The quantitative estimate of drug-likeness (QED) is 0.629. The molecule has 0 saturated heterocycles. The van der Waals surface area contributed by atoms with E-state index in [9.17, 15) is 0 Å². The SMILES string of the molecule is COCC(C)c1cnc(OCCCO)c2cnc(Cl)cc12. The standard InChI is InChI=1S/C15H19ClN2O3/c1-10(9-20-2)12-7-18-15(21-5-3-4-19)13-8-17-14(16)6-11(12)13/h6-8,10,19H,3-5,9H2,1-2H3. The summed E-state index contributed by atoms with van der Waals surface area (Å²) < 4.78 is 10.8. The zero-order valence-electron chi connectivity index (χ0n) is 12.2. The van der Waals surface area contributed by atoms with Gasteiger partial charge in [-0.2, -0.15) is 0 Å². The van der Waals surface area contributed by atoms with Gasteiger partial charge in [-0.3, -0.25) is 0 Å². The third-order valence-corrected chi connectivity index (χ3v) is 3.43. The minimum absolute atomic E-state index is 0.0883. The van der Waals surface area contributed by atoms with E-state index in [2.05, 4.69) is 16.9 Å². The lowest BCUT2D eigenvalue weighted by atomic mass is 9.99. The highest BCUT2D eigenvalue weighted by molar-refractivity contribution is 6.30. The molecule has 1 N–H and O–H groups in total. The van der Waals surface area contributed by atoms with E-state index in [1.54, 1.807) is 19.5 Å². The molecule has 0 aromatic carbocycles. The first kappa shape index (κ1) is 15.9. The Bertz CT molecular complexity index is 607. The molecule has 5 nitrogen and oxygen atoms in total. The van der Waals surface area contributed by atoms with Gasteiger partial charge in [-0.15, -0.1) is 0 Å². The van der Waals surface area contributed by atoms with Gasteiger partial charge in [-0.05, 0) is 17.0 Å². The van der Waals surface area contributed by atoms with Gasteiger partial charge in [-0.25, -0.2) is 9.97 Å². The maximum atomic E-state index is 8.83. The number of hydrogen-bond acceptors (Lipinski definition) is 5. The summed E-state index contributed by atoms with van der Waals surface area (Å²) >= 11 is 6.01. The molecule has 2 aromatic heterocycles. The van der Waals surface area contributed by atoms with Crippen LogP contribution in [0.3, 0.4) is 0 Å². The summed E-state index contributed by atoms with van der Waals surface area (Å²) in [6.45, 7) is 3.17. The van der Waals surface area contributed by atoms with Crippen LogP contribution >= 0.6 is 11.6 Å². The molecule has 21 heavy (non-hydrogen) atoms. The predicted octanol–water partition coefficient (Wildman–Crippen LogP) is 2.79. The molecule has 1 unspecified atom stereocenters. The largest absolute Gasteiger partial charge is 0.477 e. The van der Waals surface area contributed by atoms with E-state index in [1.165, 1.54) is 0 Å². The second kappa shape index (κ2) is 7.54. The molecule has 0 amide bonds. The summed E-state index contributed by atoms with van der Waals surface area (Å²) in [5.41, 5.74) is 1.05. The summed E-state index contributed by atoms with van der Waals surface area (Å²) in [5, 5.41) is 11.0. The molecule has 0 aliphatic carbocycles. The minimum Gasteiger partial charge on any atom is -0.477 e. The number of aliphatic hydroxyl groups is 1. The molecule has 2 aromatic rings. The normalized spacial score (nSPS) is 12.6. The highest BCUT2D eigenvalue weighted by atomic mass is 35.5. The van der Waals surface area contributed by atoms with E-state index in [4.69, 9.17) is 26.2 Å². The maximum Gasteiger partial charge on any atom is 0.222 e. The van der Waals surface area contributed by atoms with Crippen molar-refractivity contribution in [2.75, 3.05) is 26.9 Å². The van der Waals surface area contributed by atoms with Crippen molar-refractivity contribution in [1.82, 2.24) is 9.97 Å². The third kappa shape index (κ3) is 3.81. The summed E-state index contributed by atoms with van der Waals surface area (Å²) in [6.07, 6.45) is 4.02. The van der Waals surface area contributed by atoms with Gasteiger partial charge in [0.1, 0.15) is 5.15 Å². The van der Waals surface area contributed by atoms with E-state index >= 15 is 0 Å². The van der Waals surface area contributed by atoms with Crippen molar-refractivity contribution in [2.45, 2.75) is 19.3 Å². The van der Waals surface area contributed by atoms with E-state index in [1.807, 2.05) is 6.07 Å². The molecule has 114 valence electrons. The molecule has 0 radical (unpaired) electrons. The fraction of sp³-hybridized carbons (Fsp3) is 0.467. The van der Waals surface area contributed by atoms with Crippen LogP contribution in [-0.4, -0.2) is 42.0 Å². The molecule has 0 aliphatic rings. The van der Waals surface area contributed by atoms with Crippen LogP contribution in [0.2, 0.25) is 5.15 Å². The first-order chi connectivity index (χ1) is 10.2. The van der Waals surface area contributed by atoms with Crippen LogP contribution in [0.1, 0.15) is 24.8 Å². The molecular formula is C15H19ClN2O3. The van der Waals surface area contributed by atoms with Gasteiger partial charge < -0.3 is 14.6 Å². The lowest BCUT2D eigenvalue weighted by Crippen LogP contribution is -2.06. The van der Waals surface area contributed by atoms with Crippen LogP contribution < -0.4 is 4.74 Å². The molecule has 6 heteroatoms. The first-order valence-electron chi connectivity index (χ1n) is 6.84.